The van der Waals surface area contributed by atoms with Gasteiger partial charge in [-0.3, -0.25) is 9.36 Å². The number of nitrogens with zero attached hydrogens (tertiary/aromatic N) is 3. The Balaban J connectivity index is 1.66. The molecule has 0 bridgehead atoms. The first-order valence-corrected chi connectivity index (χ1v) is 14.8. The number of ether oxygens (including phenoxy) is 2. The number of rotatable bonds is 7. The van der Waals surface area contributed by atoms with E-state index >= 15 is 0 Å². The molecule has 1 aliphatic heterocycles. The highest BCUT2D eigenvalue weighted by Gasteiger charge is 2.34. The first kappa shape index (κ1) is 29.5. The first-order valence-electron chi connectivity index (χ1n) is 13.6. The van der Waals surface area contributed by atoms with Crippen LogP contribution in [-0.2, 0) is 9.53 Å². The van der Waals surface area contributed by atoms with Crippen molar-refractivity contribution in [2.45, 2.75) is 53.7 Å². The van der Waals surface area contributed by atoms with Gasteiger partial charge in [-0.15, -0.1) is 0 Å². The van der Waals surface area contributed by atoms with Crippen LogP contribution in [0.25, 0.3) is 11.8 Å². The molecule has 0 amide bonds. The lowest BCUT2D eigenvalue weighted by Crippen LogP contribution is -2.40. The van der Waals surface area contributed by atoms with Gasteiger partial charge in [0.05, 0.1) is 39.6 Å². The highest BCUT2D eigenvalue weighted by Crippen LogP contribution is 2.32. The van der Waals surface area contributed by atoms with Crippen molar-refractivity contribution in [3.05, 3.63) is 113 Å². The van der Waals surface area contributed by atoms with Gasteiger partial charge in [0.2, 0.25) is 0 Å². The Bertz CT molecular complexity index is 1900. The van der Waals surface area contributed by atoms with Gasteiger partial charge in [-0.05, 0) is 95.1 Å². The molecule has 0 saturated carbocycles. The molecule has 1 aliphatic rings. The Labute approximate surface area is 251 Å². The van der Waals surface area contributed by atoms with Gasteiger partial charge in [0.15, 0.2) is 4.80 Å². The first-order chi connectivity index (χ1) is 20.0. The molecular weight excluding hydrogens is 577 g/mol. The summed E-state index contributed by atoms with van der Waals surface area (Å²) in [7, 11) is 0. The average Bonchev–Trinajstić information content (AvgIpc) is 3.39. The van der Waals surface area contributed by atoms with Gasteiger partial charge in [-0.2, -0.15) is 0 Å². The highest BCUT2D eigenvalue weighted by molar-refractivity contribution is 7.07. The van der Waals surface area contributed by atoms with Crippen molar-refractivity contribution in [1.82, 2.24) is 9.13 Å². The SMILES string of the molecule is CCOc1ccc([C@H]2C(C(=O)OC(C)C)=C(C)N=c3s/c(=C/c4cc(C)n(-c5ccc(F)c(Cl)c5)c4C)c(=O)n32)cc1. The summed E-state index contributed by atoms with van der Waals surface area (Å²) in [5.74, 6) is -0.308. The molecule has 42 heavy (non-hydrogen) atoms. The van der Waals surface area contributed by atoms with Crippen LogP contribution in [0.4, 0.5) is 4.39 Å². The van der Waals surface area contributed by atoms with Crippen LogP contribution < -0.4 is 19.6 Å². The number of carbonyl (C=O) groups excluding carboxylic acids is 1. The second-order valence-corrected chi connectivity index (χ2v) is 11.7. The minimum absolute atomic E-state index is 0.0336. The molecule has 3 heterocycles. The molecule has 10 heteroatoms. The summed E-state index contributed by atoms with van der Waals surface area (Å²) in [5.41, 5.74) is 4.59. The van der Waals surface area contributed by atoms with Crippen LogP contribution in [0.1, 0.15) is 56.3 Å². The minimum Gasteiger partial charge on any atom is -0.494 e. The van der Waals surface area contributed by atoms with Crippen LogP contribution in [0.15, 0.2) is 69.6 Å². The van der Waals surface area contributed by atoms with Crippen LogP contribution in [-0.4, -0.2) is 27.8 Å². The number of benzene rings is 2. The molecule has 4 aromatic rings. The maximum atomic E-state index is 14.0. The van der Waals surface area contributed by atoms with E-state index in [1.165, 1.54) is 17.4 Å². The molecule has 0 spiro atoms. The van der Waals surface area contributed by atoms with E-state index in [0.29, 0.717) is 33.0 Å². The molecule has 5 rings (SSSR count). The second kappa shape index (κ2) is 11.7. The second-order valence-electron chi connectivity index (χ2n) is 10.3. The van der Waals surface area contributed by atoms with Crippen molar-refractivity contribution in [2.75, 3.05) is 6.61 Å². The Morgan fingerprint density at radius 1 is 1.14 bits per heavy atom. The maximum absolute atomic E-state index is 14.0. The summed E-state index contributed by atoms with van der Waals surface area (Å²) in [5, 5.41) is 0.0336. The molecule has 0 aliphatic carbocycles. The molecule has 0 radical (unpaired) electrons. The van der Waals surface area contributed by atoms with Crippen LogP contribution in [0, 0.1) is 19.7 Å². The van der Waals surface area contributed by atoms with Crippen molar-refractivity contribution in [2.24, 2.45) is 4.99 Å². The molecule has 2 aromatic carbocycles. The average molecular weight is 608 g/mol. The zero-order valence-electron chi connectivity index (χ0n) is 24.2. The lowest BCUT2D eigenvalue weighted by Gasteiger charge is -2.25. The van der Waals surface area contributed by atoms with Crippen LogP contribution >= 0.6 is 22.9 Å². The van der Waals surface area contributed by atoms with E-state index in [1.807, 2.05) is 61.7 Å². The fraction of sp³-hybridized carbons (Fsp3) is 0.281. The summed E-state index contributed by atoms with van der Waals surface area (Å²) in [6.45, 7) is 11.6. The molecule has 7 nitrogen and oxygen atoms in total. The molecule has 0 saturated heterocycles. The standard InChI is InChI=1S/C32H31ClFN3O4S/c1-7-40-24-11-8-21(9-12-24)29-28(31(39)41-17(2)3)19(5)35-32-37(29)30(38)27(42-32)15-22-14-18(4)36(20(22)6)23-10-13-26(34)25(33)16-23/h8-17,29H,7H2,1-6H3/b27-15+/t29-/m0/s1. The third-order valence-electron chi connectivity index (χ3n) is 7.01. The van der Waals surface area contributed by atoms with E-state index < -0.39 is 17.8 Å². The van der Waals surface area contributed by atoms with Gasteiger partial charge in [0.25, 0.3) is 5.56 Å². The maximum Gasteiger partial charge on any atom is 0.338 e. The van der Waals surface area contributed by atoms with Crippen molar-refractivity contribution in [3.8, 4) is 11.4 Å². The number of aryl methyl sites for hydroxylation is 1. The van der Waals surface area contributed by atoms with E-state index in [9.17, 15) is 14.0 Å². The van der Waals surface area contributed by atoms with E-state index in [-0.39, 0.29) is 16.7 Å². The number of thiazole rings is 1. The number of fused-ring (bicyclic) bond motifs is 1. The Hall–Kier alpha value is -3.95. The zero-order chi connectivity index (χ0) is 30.3. The lowest BCUT2D eigenvalue weighted by molar-refractivity contribution is -0.143. The van der Waals surface area contributed by atoms with Crippen molar-refractivity contribution in [3.63, 3.8) is 0 Å². The van der Waals surface area contributed by atoms with Gasteiger partial charge in [-0.1, -0.05) is 35.1 Å². The number of aromatic nitrogens is 2. The van der Waals surface area contributed by atoms with E-state index in [0.717, 1.165) is 28.2 Å². The van der Waals surface area contributed by atoms with E-state index in [2.05, 4.69) is 4.99 Å². The van der Waals surface area contributed by atoms with E-state index in [1.54, 1.807) is 37.5 Å². The van der Waals surface area contributed by atoms with Crippen molar-refractivity contribution < 1.29 is 18.7 Å². The number of halogens is 2. The predicted molar refractivity (Wildman–Crippen MR) is 163 cm³/mol. The van der Waals surface area contributed by atoms with Gasteiger partial charge >= 0.3 is 5.97 Å². The topological polar surface area (TPSA) is 74.8 Å². The quantitative estimate of drug-likeness (QED) is 0.250. The molecular formula is C32H31ClFN3O4S. The van der Waals surface area contributed by atoms with Gasteiger partial charge in [0, 0.05) is 17.1 Å². The van der Waals surface area contributed by atoms with Crippen LogP contribution in [0.3, 0.4) is 0 Å². The summed E-state index contributed by atoms with van der Waals surface area (Å²) < 4.78 is 29.0. The van der Waals surface area contributed by atoms with Gasteiger partial charge in [0.1, 0.15) is 11.6 Å². The molecule has 1 atom stereocenters. The Kier molecular flexibility index (Phi) is 8.25. The third-order valence-corrected chi connectivity index (χ3v) is 8.28. The highest BCUT2D eigenvalue weighted by atomic mass is 35.5. The molecule has 0 fully saturated rings. The molecule has 2 aromatic heterocycles. The minimum atomic E-state index is -0.723. The monoisotopic (exact) mass is 607 g/mol. The van der Waals surface area contributed by atoms with Gasteiger partial charge < -0.3 is 14.0 Å². The number of hydrogen-bond acceptors (Lipinski definition) is 6. The van der Waals surface area contributed by atoms with Crippen molar-refractivity contribution >= 4 is 35.0 Å². The number of hydrogen-bond donors (Lipinski definition) is 0. The fourth-order valence-electron chi connectivity index (χ4n) is 5.19. The molecule has 218 valence electrons. The summed E-state index contributed by atoms with van der Waals surface area (Å²) in [6, 6.07) is 13.2. The van der Waals surface area contributed by atoms with Gasteiger partial charge in [-0.25, -0.2) is 14.2 Å². The molecule has 0 N–H and O–H groups in total. The summed E-state index contributed by atoms with van der Waals surface area (Å²) >= 11 is 7.31. The Morgan fingerprint density at radius 3 is 2.50 bits per heavy atom. The normalized spacial score (nSPS) is 15.2. The van der Waals surface area contributed by atoms with Crippen LogP contribution in [0.2, 0.25) is 5.02 Å². The summed E-state index contributed by atoms with van der Waals surface area (Å²) in [4.78, 5) is 32.5. The molecule has 0 unspecified atom stereocenters. The lowest BCUT2D eigenvalue weighted by atomic mass is 9.96. The third kappa shape index (κ3) is 5.46. The van der Waals surface area contributed by atoms with Crippen LogP contribution in [0.5, 0.6) is 5.75 Å². The fourth-order valence-corrected chi connectivity index (χ4v) is 6.40. The predicted octanol–water partition coefficient (Wildman–Crippen LogP) is 5.79. The van der Waals surface area contributed by atoms with Crippen molar-refractivity contribution in [1.29, 1.82) is 0 Å². The summed E-state index contributed by atoms with van der Waals surface area (Å²) in [6.07, 6.45) is 1.49. The largest absolute Gasteiger partial charge is 0.494 e. The smallest absolute Gasteiger partial charge is 0.338 e. The number of allylic oxidation sites excluding steroid dienone is 1. The zero-order valence-corrected chi connectivity index (χ0v) is 25.8. The van der Waals surface area contributed by atoms with E-state index in [4.69, 9.17) is 21.1 Å². The number of esters is 1. The number of carbonyl (C=O) groups is 1. The Morgan fingerprint density at radius 2 is 1.86 bits per heavy atom.